The molecule has 1 atom stereocenters. The van der Waals surface area contributed by atoms with Crippen molar-refractivity contribution in [1.82, 2.24) is 4.90 Å². The van der Waals surface area contributed by atoms with Gasteiger partial charge in [0.2, 0.25) is 5.91 Å². The van der Waals surface area contributed by atoms with Crippen LogP contribution in [0.5, 0.6) is 0 Å². The van der Waals surface area contributed by atoms with Gasteiger partial charge in [-0.15, -0.1) is 0 Å². The van der Waals surface area contributed by atoms with Crippen LogP contribution in [0.4, 0.5) is 0 Å². The average Bonchev–Trinajstić information content (AvgIpc) is 3.20. The van der Waals surface area contributed by atoms with Crippen molar-refractivity contribution in [3.05, 3.63) is 46.1 Å². The summed E-state index contributed by atoms with van der Waals surface area (Å²) < 4.78 is 29.7. The first-order valence-electron chi connectivity index (χ1n) is 9.18. The maximum absolute atomic E-state index is 12.8. The van der Waals surface area contributed by atoms with Gasteiger partial charge in [-0.3, -0.25) is 4.79 Å². The molecule has 2 heterocycles. The summed E-state index contributed by atoms with van der Waals surface area (Å²) in [6, 6.07) is 8.36. The molecule has 8 heteroatoms. The maximum atomic E-state index is 12.8. The van der Waals surface area contributed by atoms with Crippen LogP contribution in [-0.4, -0.2) is 36.8 Å². The zero-order chi connectivity index (χ0) is 20.5. The number of hydrogen-bond donors (Lipinski definition) is 0. The molecule has 1 aliphatic rings. The van der Waals surface area contributed by atoms with E-state index in [-0.39, 0.29) is 35.9 Å². The van der Waals surface area contributed by atoms with Crippen LogP contribution in [0.2, 0.25) is 10.0 Å². The molecule has 5 nitrogen and oxygen atoms in total. The molecule has 1 aliphatic heterocycles. The highest BCUT2D eigenvalue weighted by molar-refractivity contribution is 7.91. The van der Waals surface area contributed by atoms with E-state index in [0.717, 1.165) is 0 Å². The number of benzene rings is 1. The molecule has 0 radical (unpaired) electrons. The standard InChI is InChI=1S/C20H23Cl2NO4S/c1-13(2)9-20(24)23(15-7-8-28(25,26)12-15)11-16-4-6-19(27-16)17-10-14(21)3-5-18(17)22/h3-6,10,13,15H,7-9,11-12H2,1-2H3/t15-/m0/s1. The van der Waals surface area contributed by atoms with Crippen molar-refractivity contribution in [1.29, 1.82) is 0 Å². The number of halogens is 2. The molecule has 1 aromatic carbocycles. The van der Waals surface area contributed by atoms with Crippen LogP contribution in [0.1, 0.15) is 32.4 Å². The molecule has 0 spiro atoms. The van der Waals surface area contributed by atoms with Gasteiger partial charge in [-0.05, 0) is 42.7 Å². The van der Waals surface area contributed by atoms with Gasteiger partial charge in [0.1, 0.15) is 11.5 Å². The predicted octanol–water partition coefficient (Wildman–Crippen LogP) is 4.82. The second-order valence-corrected chi connectivity index (χ2v) is 10.6. The van der Waals surface area contributed by atoms with E-state index < -0.39 is 9.84 Å². The summed E-state index contributed by atoms with van der Waals surface area (Å²) in [5.74, 6) is 1.38. The highest BCUT2D eigenvalue weighted by atomic mass is 35.5. The molecule has 1 amide bonds. The lowest BCUT2D eigenvalue weighted by atomic mass is 10.1. The van der Waals surface area contributed by atoms with Crippen molar-refractivity contribution in [2.24, 2.45) is 5.92 Å². The lowest BCUT2D eigenvalue weighted by molar-refractivity contribution is -0.134. The predicted molar refractivity (Wildman–Crippen MR) is 111 cm³/mol. The Bertz CT molecular complexity index is 968. The Morgan fingerprint density at radius 1 is 1.25 bits per heavy atom. The number of amides is 1. The van der Waals surface area contributed by atoms with Gasteiger partial charge in [0.25, 0.3) is 0 Å². The third-order valence-corrected chi connectivity index (χ3v) is 7.05. The molecule has 1 fully saturated rings. The number of rotatable bonds is 6. The Morgan fingerprint density at radius 3 is 2.64 bits per heavy atom. The molecule has 0 bridgehead atoms. The van der Waals surface area contributed by atoms with Crippen LogP contribution in [-0.2, 0) is 21.2 Å². The van der Waals surface area contributed by atoms with Crippen molar-refractivity contribution in [2.75, 3.05) is 11.5 Å². The highest BCUT2D eigenvalue weighted by Crippen LogP contribution is 2.32. The first kappa shape index (κ1) is 21.2. The van der Waals surface area contributed by atoms with E-state index in [1.54, 1.807) is 35.2 Å². The minimum atomic E-state index is -3.10. The molecular weight excluding hydrogens is 421 g/mol. The fourth-order valence-corrected chi connectivity index (χ4v) is 5.48. The largest absolute Gasteiger partial charge is 0.459 e. The van der Waals surface area contributed by atoms with Crippen molar-refractivity contribution in [3.8, 4) is 11.3 Å². The second kappa shape index (κ2) is 8.47. The molecule has 0 N–H and O–H groups in total. The number of furan rings is 1. The molecule has 3 rings (SSSR count). The van der Waals surface area contributed by atoms with E-state index in [2.05, 4.69) is 0 Å². The van der Waals surface area contributed by atoms with Gasteiger partial charge >= 0.3 is 0 Å². The van der Waals surface area contributed by atoms with Crippen molar-refractivity contribution in [2.45, 2.75) is 39.3 Å². The first-order chi connectivity index (χ1) is 13.1. The molecule has 0 aliphatic carbocycles. The van der Waals surface area contributed by atoms with Gasteiger partial charge < -0.3 is 9.32 Å². The summed E-state index contributed by atoms with van der Waals surface area (Å²) >= 11 is 12.3. The van der Waals surface area contributed by atoms with Gasteiger partial charge in [-0.1, -0.05) is 37.0 Å². The SMILES string of the molecule is CC(C)CC(=O)N(Cc1ccc(-c2cc(Cl)ccc2Cl)o1)[C@H]1CCS(=O)(=O)C1. The van der Waals surface area contributed by atoms with Crippen LogP contribution >= 0.6 is 23.2 Å². The highest BCUT2D eigenvalue weighted by Gasteiger charge is 2.35. The smallest absolute Gasteiger partial charge is 0.223 e. The topological polar surface area (TPSA) is 67.6 Å². The van der Waals surface area contributed by atoms with E-state index in [1.165, 1.54) is 0 Å². The van der Waals surface area contributed by atoms with Gasteiger partial charge in [-0.25, -0.2) is 8.42 Å². The fourth-order valence-electron chi connectivity index (χ4n) is 3.37. The lowest BCUT2D eigenvalue weighted by Crippen LogP contribution is -2.41. The summed E-state index contributed by atoms with van der Waals surface area (Å²) in [4.78, 5) is 14.4. The maximum Gasteiger partial charge on any atom is 0.223 e. The summed E-state index contributed by atoms with van der Waals surface area (Å²) in [6.45, 7) is 4.16. The Hall–Kier alpha value is -1.50. The molecule has 152 valence electrons. The second-order valence-electron chi connectivity index (χ2n) is 7.57. The van der Waals surface area contributed by atoms with Crippen molar-refractivity contribution < 1.29 is 17.6 Å². The molecule has 2 aromatic rings. The number of sulfone groups is 1. The van der Waals surface area contributed by atoms with Crippen molar-refractivity contribution >= 4 is 38.9 Å². The van der Waals surface area contributed by atoms with Gasteiger partial charge in [-0.2, -0.15) is 0 Å². The Morgan fingerprint density at radius 2 is 2.00 bits per heavy atom. The summed E-state index contributed by atoms with van der Waals surface area (Å²) in [7, 11) is -3.10. The average molecular weight is 444 g/mol. The third kappa shape index (κ3) is 5.10. The Kier molecular flexibility index (Phi) is 6.42. The molecule has 1 aromatic heterocycles. The number of hydrogen-bond acceptors (Lipinski definition) is 4. The third-order valence-electron chi connectivity index (χ3n) is 4.73. The van der Waals surface area contributed by atoms with E-state index in [4.69, 9.17) is 27.6 Å². The zero-order valence-electron chi connectivity index (χ0n) is 15.8. The van der Waals surface area contributed by atoms with Gasteiger partial charge in [0, 0.05) is 23.0 Å². The molecule has 28 heavy (non-hydrogen) atoms. The van der Waals surface area contributed by atoms with Crippen LogP contribution in [0.3, 0.4) is 0 Å². The Labute approximate surface area is 175 Å². The van der Waals surface area contributed by atoms with Crippen LogP contribution < -0.4 is 0 Å². The minimum Gasteiger partial charge on any atom is -0.459 e. The first-order valence-corrected chi connectivity index (χ1v) is 11.8. The normalized spacial score (nSPS) is 18.5. The van der Waals surface area contributed by atoms with E-state index in [0.29, 0.717) is 40.0 Å². The number of carbonyl (C=O) groups excluding carboxylic acids is 1. The summed E-state index contributed by atoms with van der Waals surface area (Å²) in [5.41, 5.74) is 0.670. The molecule has 0 unspecified atom stereocenters. The molecule has 1 saturated heterocycles. The quantitative estimate of drug-likeness (QED) is 0.641. The van der Waals surface area contributed by atoms with Crippen molar-refractivity contribution in [3.63, 3.8) is 0 Å². The lowest BCUT2D eigenvalue weighted by Gasteiger charge is -2.28. The molecular formula is C20H23Cl2NO4S. The van der Waals surface area contributed by atoms with Crippen LogP contribution in [0.25, 0.3) is 11.3 Å². The van der Waals surface area contributed by atoms with Gasteiger partial charge in [0.05, 0.1) is 23.1 Å². The zero-order valence-corrected chi connectivity index (χ0v) is 18.1. The van der Waals surface area contributed by atoms with Crippen LogP contribution in [0, 0.1) is 5.92 Å². The summed E-state index contributed by atoms with van der Waals surface area (Å²) in [5, 5.41) is 1.06. The number of nitrogens with zero attached hydrogens (tertiary/aromatic N) is 1. The van der Waals surface area contributed by atoms with E-state index >= 15 is 0 Å². The Balaban J connectivity index is 1.84. The monoisotopic (exact) mass is 443 g/mol. The number of carbonyl (C=O) groups is 1. The van der Waals surface area contributed by atoms with Crippen LogP contribution in [0.15, 0.2) is 34.7 Å². The molecule has 0 saturated carbocycles. The van der Waals surface area contributed by atoms with Gasteiger partial charge in [0.15, 0.2) is 9.84 Å². The fraction of sp³-hybridized carbons (Fsp3) is 0.450. The van der Waals surface area contributed by atoms with E-state index in [1.807, 2.05) is 13.8 Å². The minimum absolute atomic E-state index is 0.00449. The van der Waals surface area contributed by atoms with E-state index in [9.17, 15) is 13.2 Å². The summed E-state index contributed by atoms with van der Waals surface area (Å²) in [6.07, 6.45) is 0.824.